The molecule has 0 radical (unpaired) electrons. The summed E-state index contributed by atoms with van der Waals surface area (Å²) in [7, 11) is 0. The van der Waals surface area contributed by atoms with E-state index in [-0.39, 0.29) is 6.04 Å². The van der Waals surface area contributed by atoms with Gasteiger partial charge in [0, 0.05) is 0 Å². The number of hydrogen-bond acceptors (Lipinski definition) is 2. The van der Waals surface area contributed by atoms with Crippen LogP contribution in [0.2, 0.25) is 0 Å². The molecule has 2 aromatic rings. The predicted molar refractivity (Wildman–Crippen MR) is 84.0 cm³/mol. The molecule has 2 N–H and O–H groups in total. The molecule has 4 rings (SSSR count). The maximum atomic E-state index is 6.59. The summed E-state index contributed by atoms with van der Waals surface area (Å²) in [6.07, 6.45) is 3.97. The Bertz CT molecular complexity index is 660. The second kappa shape index (κ2) is 5.28. The molecule has 1 saturated carbocycles. The summed E-state index contributed by atoms with van der Waals surface area (Å²) in [5.74, 6) is 0.713. The zero-order chi connectivity index (χ0) is 14.2. The van der Waals surface area contributed by atoms with Gasteiger partial charge in [-0.3, -0.25) is 0 Å². The normalized spacial score (nSPS) is 19.1. The van der Waals surface area contributed by atoms with Crippen molar-refractivity contribution >= 4 is 0 Å². The fraction of sp³-hybridized carbons (Fsp3) is 0.368. The zero-order valence-electron chi connectivity index (χ0n) is 12.2. The van der Waals surface area contributed by atoms with Crippen LogP contribution in [0.5, 0.6) is 0 Å². The second-order valence-corrected chi connectivity index (χ2v) is 6.26. The molecule has 1 aliphatic heterocycles. The molecule has 0 amide bonds. The van der Waals surface area contributed by atoms with E-state index in [1.165, 1.54) is 47.1 Å². The molecule has 108 valence electrons. The van der Waals surface area contributed by atoms with E-state index in [1.807, 2.05) is 0 Å². The first-order chi connectivity index (χ1) is 10.3. The Kier molecular flexibility index (Phi) is 3.28. The van der Waals surface area contributed by atoms with Gasteiger partial charge in [-0.1, -0.05) is 48.9 Å². The Morgan fingerprint density at radius 3 is 2.62 bits per heavy atom. The second-order valence-electron chi connectivity index (χ2n) is 6.26. The summed E-state index contributed by atoms with van der Waals surface area (Å²) < 4.78 is 5.50. The minimum atomic E-state index is -0.0345. The summed E-state index contributed by atoms with van der Waals surface area (Å²) in [6.45, 7) is 1.46. The van der Waals surface area contributed by atoms with Gasteiger partial charge >= 0.3 is 0 Å². The molecular weight excluding hydrogens is 258 g/mol. The minimum Gasteiger partial charge on any atom is -0.372 e. The number of benzene rings is 2. The van der Waals surface area contributed by atoms with E-state index >= 15 is 0 Å². The molecule has 0 saturated heterocycles. The maximum absolute atomic E-state index is 6.59. The summed E-state index contributed by atoms with van der Waals surface area (Å²) >= 11 is 0. The third-order valence-corrected chi connectivity index (χ3v) is 4.98. The summed E-state index contributed by atoms with van der Waals surface area (Å²) in [4.78, 5) is 0. The molecule has 2 aliphatic rings. The van der Waals surface area contributed by atoms with Gasteiger partial charge in [-0.25, -0.2) is 0 Å². The Hall–Kier alpha value is -1.64. The molecule has 0 bridgehead atoms. The van der Waals surface area contributed by atoms with E-state index in [9.17, 15) is 0 Å². The van der Waals surface area contributed by atoms with E-state index < -0.39 is 0 Å². The van der Waals surface area contributed by atoms with Gasteiger partial charge in [0.2, 0.25) is 0 Å². The highest BCUT2D eigenvalue weighted by atomic mass is 16.5. The Labute approximate surface area is 125 Å². The number of fused-ring (bicyclic) bond motifs is 1. The lowest BCUT2D eigenvalue weighted by atomic mass is 9.76. The number of nitrogens with two attached hydrogens (primary N) is 1. The van der Waals surface area contributed by atoms with Crippen molar-refractivity contribution in [2.75, 3.05) is 0 Å². The van der Waals surface area contributed by atoms with E-state index in [4.69, 9.17) is 10.5 Å². The van der Waals surface area contributed by atoms with Crippen molar-refractivity contribution < 1.29 is 4.74 Å². The largest absolute Gasteiger partial charge is 0.372 e. The lowest BCUT2D eigenvalue weighted by Crippen LogP contribution is -2.18. The summed E-state index contributed by atoms with van der Waals surface area (Å²) in [6, 6.07) is 15.2. The molecule has 21 heavy (non-hydrogen) atoms. The van der Waals surface area contributed by atoms with Gasteiger partial charge in [-0.15, -0.1) is 0 Å². The van der Waals surface area contributed by atoms with E-state index in [2.05, 4.69) is 42.5 Å². The fourth-order valence-corrected chi connectivity index (χ4v) is 3.45. The first kappa shape index (κ1) is 13.1. The fourth-order valence-electron chi connectivity index (χ4n) is 3.45. The van der Waals surface area contributed by atoms with Gasteiger partial charge < -0.3 is 10.5 Å². The van der Waals surface area contributed by atoms with Crippen LogP contribution in [0.25, 0.3) is 0 Å². The highest BCUT2D eigenvalue weighted by Gasteiger charge is 2.24. The van der Waals surface area contributed by atoms with Crippen molar-refractivity contribution in [3.8, 4) is 0 Å². The van der Waals surface area contributed by atoms with Crippen LogP contribution in [-0.2, 0) is 18.0 Å². The smallest absolute Gasteiger partial charge is 0.0725 e. The number of hydrogen-bond donors (Lipinski definition) is 1. The van der Waals surface area contributed by atoms with Gasteiger partial charge in [-0.2, -0.15) is 0 Å². The summed E-state index contributed by atoms with van der Waals surface area (Å²) in [5.41, 5.74) is 13.1. The zero-order valence-corrected chi connectivity index (χ0v) is 12.2. The van der Waals surface area contributed by atoms with Crippen LogP contribution >= 0.6 is 0 Å². The molecule has 1 atom stereocenters. The standard InChI is InChI=1S/C19H21NO/c20-19(14-8-9-15-11-21-12-16(15)10-14)18-7-2-1-6-17(18)13-4-3-5-13/h1-2,6-10,13,19H,3-5,11-12,20H2. The molecule has 0 spiro atoms. The van der Waals surface area contributed by atoms with Crippen LogP contribution in [0.15, 0.2) is 42.5 Å². The van der Waals surface area contributed by atoms with Crippen molar-refractivity contribution in [3.63, 3.8) is 0 Å². The van der Waals surface area contributed by atoms with Crippen molar-refractivity contribution in [1.29, 1.82) is 0 Å². The highest BCUT2D eigenvalue weighted by molar-refractivity contribution is 5.42. The van der Waals surface area contributed by atoms with Crippen LogP contribution in [-0.4, -0.2) is 0 Å². The van der Waals surface area contributed by atoms with Crippen molar-refractivity contribution in [1.82, 2.24) is 0 Å². The highest BCUT2D eigenvalue weighted by Crippen LogP contribution is 2.40. The lowest BCUT2D eigenvalue weighted by molar-refractivity contribution is 0.134. The monoisotopic (exact) mass is 279 g/mol. The predicted octanol–water partition coefficient (Wildman–Crippen LogP) is 4.03. The van der Waals surface area contributed by atoms with Crippen LogP contribution in [0.3, 0.4) is 0 Å². The molecular formula is C19H21NO. The van der Waals surface area contributed by atoms with Crippen molar-refractivity contribution in [3.05, 3.63) is 70.3 Å². The van der Waals surface area contributed by atoms with Gasteiger partial charge in [-0.05, 0) is 46.6 Å². The van der Waals surface area contributed by atoms with Crippen molar-refractivity contribution in [2.24, 2.45) is 5.73 Å². The van der Waals surface area contributed by atoms with Crippen LogP contribution in [0, 0.1) is 0 Å². The number of ether oxygens (including phenoxy) is 1. The topological polar surface area (TPSA) is 35.2 Å². The Morgan fingerprint density at radius 1 is 1.00 bits per heavy atom. The van der Waals surface area contributed by atoms with E-state index in [0.717, 1.165) is 13.2 Å². The SMILES string of the molecule is NC(c1ccc2c(c1)COC2)c1ccccc1C1CCC1. The third kappa shape index (κ3) is 2.29. The van der Waals surface area contributed by atoms with Crippen molar-refractivity contribution in [2.45, 2.75) is 44.4 Å². The van der Waals surface area contributed by atoms with Crippen LogP contribution < -0.4 is 5.73 Å². The molecule has 0 aromatic heterocycles. The van der Waals surface area contributed by atoms with Crippen LogP contribution in [0.1, 0.15) is 59.0 Å². The van der Waals surface area contributed by atoms with E-state index in [1.54, 1.807) is 0 Å². The molecule has 1 heterocycles. The first-order valence-corrected chi connectivity index (χ1v) is 7.87. The molecule has 1 unspecified atom stereocenters. The maximum Gasteiger partial charge on any atom is 0.0725 e. The average Bonchev–Trinajstić information content (AvgIpc) is 2.92. The van der Waals surface area contributed by atoms with E-state index in [0.29, 0.717) is 5.92 Å². The lowest BCUT2D eigenvalue weighted by Gasteiger charge is -2.29. The van der Waals surface area contributed by atoms with Gasteiger partial charge in [0.15, 0.2) is 0 Å². The molecule has 2 heteroatoms. The van der Waals surface area contributed by atoms with Crippen LogP contribution in [0.4, 0.5) is 0 Å². The van der Waals surface area contributed by atoms with Gasteiger partial charge in [0.25, 0.3) is 0 Å². The summed E-state index contributed by atoms with van der Waals surface area (Å²) in [5, 5.41) is 0. The molecule has 1 aliphatic carbocycles. The quantitative estimate of drug-likeness (QED) is 0.920. The molecule has 2 nitrogen and oxygen atoms in total. The molecule has 1 fully saturated rings. The minimum absolute atomic E-state index is 0.0345. The molecule has 2 aromatic carbocycles. The average molecular weight is 279 g/mol. The third-order valence-electron chi connectivity index (χ3n) is 4.98. The van der Waals surface area contributed by atoms with Gasteiger partial charge in [0.1, 0.15) is 0 Å². The number of rotatable bonds is 3. The Balaban J connectivity index is 1.69. The van der Waals surface area contributed by atoms with Gasteiger partial charge in [0.05, 0.1) is 19.3 Å². The Morgan fingerprint density at radius 2 is 1.81 bits per heavy atom. The first-order valence-electron chi connectivity index (χ1n) is 7.87.